The van der Waals surface area contributed by atoms with Gasteiger partial charge in [-0.25, -0.2) is 0 Å². The van der Waals surface area contributed by atoms with Gasteiger partial charge in [0.2, 0.25) is 0 Å². The number of fused-ring (bicyclic) bond motifs is 1. The molecule has 1 saturated heterocycles. The average Bonchev–Trinajstić information content (AvgIpc) is 3.45. The number of benzene rings is 2. The van der Waals surface area contributed by atoms with Gasteiger partial charge in [0.15, 0.2) is 0 Å². The van der Waals surface area contributed by atoms with Crippen LogP contribution in [-0.4, -0.2) is 46.8 Å². The van der Waals surface area contributed by atoms with Gasteiger partial charge in [0.25, 0.3) is 0 Å². The molecule has 35 heavy (non-hydrogen) atoms. The Hall–Kier alpha value is -2.46. The molecule has 1 aliphatic carbocycles. The van der Waals surface area contributed by atoms with Crippen molar-refractivity contribution in [3.63, 3.8) is 0 Å². The molecule has 3 nitrogen and oxygen atoms in total. The fourth-order valence-electron chi connectivity index (χ4n) is 5.75. The smallest absolute Gasteiger partial charge is 0.126 e. The van der Waals surface area contributed by atoms with Crippen LogP contribution in [0.5, 0.6) is 5.75 Å². The van der Waals surface area contributed by atoms with E-state index in [9.17, 15) is 0 Å². The third-order valence-electron chi connectivity index (χ3n) is 7.65. The number of likely N-dealkylation sites (tertiary alicyclic amines) is 1. The van der Waals surface area contributed by atoms with Crippen molar-refractivity contribution in [3.05, 3.63) is 77.4 Å². The molecule has 4 heteroatoms. The Morgan fingerprint density at radius 3 is 2.43 bits per heavy atom. The van der Waals surface area contributed by atoms with Gasteiger partial charge in [0.05, 0.1) is 8.07 Å². The summed E-state index contributed by atoms with van der Waals surface area (Å²) in [6, 6.07) is 14.9. The van der Waals surface area contributed by atoms with Gasteiger partial charge in [-0.3, -0.25) is 0 Å². The molecule has 2 aromatic carbocycles. The maximum Gasteiger partial charge on any atom is 0.126 e. The van der Waals surface area contributed by atoms with Crippen LogP contribution in [0.15, 0.2) is 55.1 Å². The van der Waals surface area contributed by atoms with Crippen molar-refractivity contribution in [1.29, 1.82) is 0 Å². The quantitative estimate of drug-likeness (QED) is 0.289. The first-order valence-electron chi connectivity index (χ1n) is 13.2. The van der Waals surface area contributed by atoms with Crippen LogP contribution in [0.1, 0.15) is 61.4 Å². The minimum atomic E-state index is -1.79. The highest BCUT2D eigenvalue weighted by Gasteiger charge is 2.39. The molecule has 0 radical (unpaired) electrons. The molecule has 0 bridgehead atoms. The fraction of sp³-hybridized carbons (Fsp3) is 0.484. The molecule has 4 rings (SSSR count). The first-order valence-corrected chi connectivity index (χ1v) is 16.5. The number of anilines is 1. The Morgan fingerprint density at radius 1 is 1.11 bits per heavy atom. The molecular formula is C31H44N2OSi. The highest BCUT2D eigenvalue weighted by molar-refractivity contribution is 6.79. The van der Waals surface area contributed by atoms with Gasteiger partial charge in [-0.05, 0) is 53.1 Å². The molecule has 1 heterocycles. The van der Waals surface area contributed by atoms with Crippen LogP contribution in [0.3, 0.4) is 0 Å². The van der Waals surface area contributed by atoms with E-state index >= 15 is 0 Å². The zero-order valence-corrected chi connectivity index (χ0v) is 23.9. The van der Waals surface area contributed by atoms with Crippen LogP contribution in [0.4, 0.5) is 5.69 Å². The molecule has 0 saturated carbocycles. The number of nitrogens with zero attached hydrogens (tertiary/aromatic N) is 2. The lowest BCUT2D eigenvalue weighted by atomic mass is 9.84. The predicted octanol–water partition coefficient (Wildman–Crippen LogP) is 7.18. The van der Waals surface area contributed by atoms with E-state index in [0.717, 1.165) is 11.8 Å². The molecule has 188 valence electrons. The molecule has 1 unspecified atom stereocenters. The van der Waals surface area contributed by atoms with Gasteiger partial charge >= 0.3 is 0 Å². The molecule has 0 aromatic heterocycles. The van der Waals surface area contributed by atoms with Gasteiger partial charge in [-0.1, -0.05) is 76.9 Å². The van der Waals surface area contributed by atoms with Crippen molar-refractivity contribution in [3.8, 4) is 5.75 Å². The lowest BCUT2D eigenvalue weighted by Crippen LogP contribution is -2.37. The van der Waals surface area contributed by atoms with Crippen molar-refractivity contribution in [2.75, 3.05) is 38.7 Å². The van der Waals surface area contributed by atoms with E-state index in [4.69, 9.17) is 4.74 Å². The van der Waals surface area contributed by atoms with Crippen molar-refractivity contribution < 1.29 is 4.74 Å². The Kier molecular flexibility index (Phi) is 7.24. The third-order valence-corrected chi connectivity index (χ3v) is 11.1. The standard InChI is InChI=1S/C31H44N2OSi/c1-9-18-34-30-23(19-24(32(5)6)20-27(30)31(2,3)4)22-35(7,8)29-21-28(33-16-12-13-17-33)25-14-10-11-15-26(25)29/h9-11,14-15,19-21,29H,1,12-13,16-18,22H2,2-8H3. The Morgan fingerprint density at radius 2 is 1.80 bits per heavy atom. The van der Waals surface area contributed by atoms with Crippen LogP contribution < -0.4 is 9.64 Å². The second kappa shape index (κ2) is 9.89. The van der Waals surface area contributed by atoms with E-state index in [-0.39, 0.29) is 5.41 Å². The number of hydrogen-bond acceptors (Lipinski definition) is 3. The van der Waals surface area contributed by atoms with E-state index in [2.05, 4.69) is 107 Å². The van der Waals surface area contributed by atoms with Gasteiger partial charge in [0, 0.05) is 49.7 Å². The Bertz CT molecular complexity index is 1100. The normalized spacial score (nSPS) is 17.9. The number of ether oxygens (including phenoxy) is 1. The summed E-state index contributed by atoms with van der Waals surface area (Å²) in [5.41, 5.74) is 8.84. The summed E-state index contributed by atoms with van der Waals surface area (Å²) in [4.78, 5) is 4.84. The van der Waals surface area contributed by atoms with E-state index in [1.165, 1.54) is 59.6 Å². The summed E-state index contributed by atoms with van der Waals surface area (Å²) in [6.45, 7) is 18.8. The molecule has 1 atom stereocenters. The third kappa shape index (κ3) is 5.23. The lowest BCUT2D eigenvalue weighted by molar-refractivity contribution is 0.348. The summed E-state index contributed by atoms with van der Waals surface area (Å²) in [5.74, 6) is 1.07. The van der Waals surface area contributed by atoms with Crippen molar-refractivity contribution in [2.24, 2.45) is 0 Å². The molecule has 1 aliphatic heterocycles. The summed E-state index contributed by atoms with van der Waals surface area (Å²) in [7, 11) is 2.48. The van der Waals surface area contributed by atoms with E-state index in [1.807, 2.05) is 6.08 Å². The van der Waals surface area contributed by atoms with E-state index in [1.54, 1.807) is 0 Å². The number of hydrogen-bond donors (Lipinski definition) is 0. The maximum absolute atomic E-state index is 6.42. The van der Waals surface area contributed by atoms with Crippen LogP contribution in [0.2, 0.25) is 13.1 Å². The molecule has 0 N–H and O–H groups in total. The molecule has 0 amide bonds. The minimum Gasteiger partial charge on any atom is -0.489 e. The SMILES string of the molecule is C=CCOc1c(C[Si](C)(C)C2C=C(N3CCCC3)c3ccccc32)cc(N(C)C)cc1C(C)(C)C. The van der Waals surface area contributed by atoms with Gasteiger partial charge in [0.1, 0.15) is 12.4 Å². The summed E-state index contributed by atoms with van der Waals surface area (Å²) < 4.78 is 6.42. The van der Waals surface area contributed by atoms with Crippen molar-refractivity contribution >= 4 is 19.5 Å². The van der Waals surface area contributed by atoms with Gasteiger partial charge in [-0.15, -0.1) is 0 Å². The molecular weight excluding hydrogens is 444 g/mol. The zero-order valence-electron chi connectivity index (χ0n) is 22.9. The second-order valence-corrected chi connectivity index (χ2v) is 17.2. The molecule has 2 aliphatic rings. The maximum atomic E-state index is 6.42. The van der Waals surface area contributed by atoms with Crippen molar-refractivity contribution in [2.45, 2.75) is 63.7 Å². The van der Waals surface area contributed by atoms with Gasteiger partial charge < -0.3 is 14.5 Å². The number of allylic oxidation sites excluding steroid dienone is 1. The summed E-state index contributed by atoms with van der Waals surface area (Å²) in [6.07, 6.45) is 7.09. The Labute approximate surface area is 214 Å². The van der Waals surface area contributed by atoms with E-state index < -0.39 is 8.07 Å². The minimum absolute atomic E-state index is 0.00818. The lowest BCUT2D eigenvalue weighted by Gasteiger charge is -2.33. The predicted molar refractivity (Wildman–Crippen MR) is 154 cm³/mol. The van der Waals surface area contributed by atoms with Gasteiger partial charge in [-0.2, -0.15) is 0 Å². The monoisotopic (exact) mass is 488 g/mol. The van der Waals surface area contributed by atoms with E-state index in [0.29, 0.717) is 12.1 Å². The molecule has 2 aromatic rings. The van der Waals surface area contributed by atoms with Crippen LogP contribution in [-0.2, 0) is 11.5 Å². The van der Waals surface area contributed by atoms with Crippen LogP contribution in [0, 0.1) is 0 Å². The highest BCUT2D eigenvalue weighted by Crippen LogP contribution is 2.46. The highest BCUT2D eigenvalue weighted by atomic mass is 28.3. The molecule has 0 spiro atoms. The van der Waals surface area contributed by atoms with Crippen molar-refractivity contribution in [1.82, 2.24) is 4.90 Å². The topological polar surface area (TPSA) is 15.7 Å². The number of rotatable bonds is 8. The van der Waals surface area contributed by atoms with Crippen LogP contribution >= 0.6 is 0 Å². The summed E-state index contributed by atoms with van der Waals surface area (Å²) >= 11 is 0. The first-order chi connectivity index (χ1) is 16.5. The molecule has 1 fully saturated rings. The Balaban J connectivity index is 1.78. The second-order valence-electron chi connectivity index (χ2n) is 12.2. The largest absolute Gasteiger partial charge is 0.489 e. The zero-order chi connectivity index (χ0) is 25.4. The fourth-order valence-corrected chi connectivity index (χ4v) is 8.92. The average molecular weight is 489 g/mol. The summed E-state index contributed by atoms with van der Waals surface area (Å²) in [5, 5.41) is 0. The van der Waals surface area contributed by atoms with Crippen LogP contribution in [0.25, 0.3) is 5.70 Å². The first kappa shape index (κ1) is 25.6.